The van der Waals surface area contributed by atoms with Crippen LogP contribution in [0.3, 0.4) is 0 Å². The second-order valence-electron chi connectivity index (χ2n) is 5.93. The number of rotatable bonds is 7. The predicted octanol–water partition coefficient (Wildman–Crippen LogP) is 4.43. The van der Waals surface area contributed by atoms with Crippen molar-refractivity contribution in [1.29, 1.82) is 0 Å². The molecule has 0 radical (unpaired) electrons. The lowest BCUT2D eigenvalue weighted by Gasteiger charge is -2.19. The Kier molecular flexibility index (Phi) is 5.93. The lowest BCUT2D eigenvalue weighted by Crippen LogP contribution is -2.29. The van der Waals surface area contributed by atoms with Gasteiger partial charge in [0.05, 0.1) is 17.3 Å². The zero-order valence-electron chi connectivity index (χ0n) is 14.8. The van der Waals surface area contributed by atoms with E-state index in [0.717, 1.165) is 23.3 Å². The minimum absolute atomic E-state index is 0.152. The highest BCUT2D eigenvalue weighted by molar-refractivity contribution is 7.94. The van der Waals surface area contributed by atoms with E-state index in [1.807, 2.05) is 37.3 Å². The largest absolute Gasteiger partial charge is 0.345 e. The van der Waals surface area contributed by atoms with Crippen LogP contribution in [-0.4, -0.2) is 14.3 Å². The van der Waals surface area contributed by atoms with Crippen molar-refractivity contribution < 1.29 is 13.2 Å². The Morgan fingerprint density at radius 1 is 1.00 bits per heavy atom. The van der Waals surface area contributed by atoms with E-state index < -0.39 is 10.0 Å². The number of anilines is 1. The Balaban J connectivity index is 1.84. The molecule has 0 fully saturated rings. The number of nitrogens with one attached hydrogen (secondary N) is 2. The first-order chi connectivity index (χ1) is 13.0. The molecular weight excluding hydrogens is 380 g/mol. The molecule has 1 amide bonds. The molecule has 1 aromatic heterocycles. The molecule has 5 nitrogen and oxygen atoms in total. The van der Waals surface area contributed by atoms with E-state index in [9.17, 15) is 13.2 Å². The molecular formula is C20H20N2O3S2. The van der Waals surface area contributed by atoms with E-state index in [2.05, 4.69) is 10.0 Å². The molecule has 0 aliphatic heterocycles. The number of amides is 1. The standard InChI is InChI=1S/C20H20N2O3S2/c1-2-17(15-9-4-3-5-10-15)21-20(23)16-11-6-7-12-18(16)22-27(24,25)19-13-8-14-26-19/h3-14,17,22H,2H2,1H3,(H,21,23)/t17-/m0/s1. The van der Waals surface area contributed by atoms with Gasteiger partial charge >= 0.3 is 0 Å². The van der Waals surface area contributed by atoms with Crippen molar-refractivity contribution in [3.05, 3.63) is 83.2 Å². The van der Waals surface area contributed by atoms with Crippen LogP contribution >= 0.6 is 11.3 Å². The highest BCUT2D eigenvalue weighted by Crippen LogP contribution is 2.24. The van der Waals surface area contributed by atoms with Crippen molar-refractivity contribution in [2.45, 2.75) is 23.6 Å². The number of hydrogen-bond donors (Lipinski definition) is 2. The van der Waals surface area contributed by atoms with Crippen LogP contribution in [0.1, 0.15) is 35.3 Å². The summed E-state index contributed by atoms with van der Waals surface area (Å²) in [7, 11) is -3.72. The van der Waals surface area contributed by atoms with E-state index in [0.29, 0.717) is 0 Å². The first kappa shape index (κ1) is 19.1. The van der Waals surface area contributed by atoms with Crippen LogP contribution in [-0.2, 0) is 10.0 Å². The first-order valence-corrected chi connectivity index (χ1v) is 10.9. The Bertz CT molecular complexity index is 1000. The first-order valence-electron chi connectivity index (χ1n) is 8.52. The molecule has 0 saturated carbocycles. The van der Waals surface area contributed by atoms with Gasteiger partial charge in [-0.25, -0.2) is 8.42 Å². The maximum absolute atomic E-state index is 12.8. The number of benzene rings is 2. The number of sulfonamides is 1. The van der Waals surface area contributed by atoms with Crippen LogP contribution in [0, 0.1) is 0 Å². The van der Waals surface area contributed by atoms with Gasteiger partial charge in [-0.3, -0.25) is 9.52 Å². The van der Waals surface area contributed by atoms with Crippen LogP contribution in [0.5, 0.6) is 0 Å². The van der Waals surface area contributed by atoms with Gasteiger partial charge in [0.1, 0.15) is 4.21 Å². The van der Waals surface area contributed by atoms with Gasteiger partial charge in [-0.05, 0) is 35.6 Å². The van der Waals surface area contributed by atoms with Gasteiger partial charge in [0, 0.05) is 0 Å². The topological polar surface area (TPSA) is 75.3 Å². The van der Waals surface area contributed by atoms with Crippen molar-refractivity contribution in [1.82, 2.24) is 5.32 Å². The zero-order valence-corrected chi connectivity index (χ0v) is 16.4. The monoisotopic (exact) mass is 400 g/mol. The smallest absolute Gasteiger partial charge is 0.271 e. The Hall–Kier alpha value is -2.64. The number of hydrogen-bond acceptors (Lipinski definition) is 4. The van der Waals surface area contributed by atoms with Crippen LogP contribution in [0.25, 0.3) is 0 Å². The summed E-state index contributed by atoms with van der Waals surface area (Å²) >= 11 is 1.12. The molecule has 7 heteroatoms. The lowest BCUT2D eigenvalue weighted by atomic mass is 10.0. The van der Waals surface area contributed by atoms with Gasteiger partial charge in [0.2, 0.25) is 0 Å². The second kappa shape index (κ2) is 8.37. The molecule has 3 aromatic rings. The molecule has 140 valence electrons. The summed E-state index contributed by atoms with van der Waals surface area (Å²) in [6.45, 7) is 1.99. The molecule has 3 rings (SSSR count). The molecule has 1 heterocycles. The molecule has 0 aliphatic rings. The van der Waals surface area contributed by atoms with Crippen LogP contribution < -0.4 is 10.0 Å². The average molecular weight is 401 g/mol. The summed E-state index contributed by atoms with van der Waals surface area (Å²) in [5, 5.41) is 4.68. The fourth-order valence-electron chi connectivity index (χ4n) is 2.72. The van der Waals surface area contributed by atoms with Gasteiger partial charge in [0.25, 0.3) is 15.9 Å². The number of carbonyl (C=O) groups excluding carboxylic acids is 1. The summed E-state index contributed by atoms with van der Waals surface area (Å²) in [4.78, 5) is 12.8. The van der Waals surface area contributed by atoms with Gasteiger partial charge in [-0.15, -0.1) is 11.3 Å². The normalized spacial score (nSPS) is 12.3. The van der Waals surface area contributed by atoms with Crippen LogP contribution in [0.4, 0.5) is 5.69 Å². The van der Waals surface area contributed by atoms with Gasteiger partial charge < -0.3 is 5.32 Å². The van der Waals surface area contributed by atoms with E-state index in [1.165, 1.54) is 6.07 Å². The zero-order chi connectivity index (χ0) is 19.3. The highest BCUT2D eigenvalue weighted by atomic mass is 32.2. The molecule has 27 heavy (non-hydrogen) atoms. The third-order valence-corrected chi connectivity index (χ3v) is 6.85. The van der Waals surface area contributed by atoms with Gasteiger partial charge in [-0.1, -0.05) is 55.5 Å². The van der Waals surface area contributed by atoms with Crippen molar-refractivity contribution in [2.75, 3.05) is 4.72 Å². The minimum Gasteiger partial charge on any atom is -0.345 e. The van der Waals surface area contributed by atoms with Gasteiger partial charge in [0.15, 0.2) is 0 Å². The molecule has 0 aliphatic carbocycles. The van der Waals surface area contributed by atoms with Crippen molar-refractivity contribution >= 4 is 33.0 Å². The fourth-order valence-corrected chi connectivity index (χ4v) is 4.80. The Labute approximate surface area is 163 Å². The fraction of sp³-hybridized carbons (Fsp3) is 0.150. The highest BCUT2D eigenvalue weighted by Gasteiger charge is 2.21. The van der Waals surface area contributed by atoms with E-state index >= 15 is 0 Å². The molecule has 2 aromatic carbocycles. The summed E-state index contributed by atoms with van der Waals surface area (Å²) in [6.07, 6.45) is 0.721. The van der Waals surface area contributed by atoms with Crippen LogP contribution in [0.2, 0.25) is 0 Å². The number of carbonyl (C=O) groups is 1. The SMILES string of the molecule is CC[C@H](NC(=O)c1ccccc1NS(=O)(=O)c1cccs1)c1ccccc1. The average Bonchev–Trinajstić information content (AvgIpc) is 3.22. The molecule has 1 atom stereocenters. The number of para-hydroxylation sites is 1. The molecule has 0 saturated heterocycles. The Morgan fingerprint density at radius 3 is 2.37 bits per heavy atom. The molecule has 2 N–H and O–H groups in total. The maximum Gasteiger partial charge on any atom is 0.271 e. The predicted molar refractivity (Wildman–Crippen MR) is 109 cm³/mol. The third kappa shape index (κ3) is 4.56. The summed E-state index contributed by atoms with van der Waals surface area (Å²) in [5.74, 6) is -0.324. The second-order valence-corrected chi connectivity index (χ2v) is 8.79. The van der Waals surface area contributed by atoms with E-state index in [-0.39, 0.29) is 27.4 Å². The molecule has 0 spiro atoms. The molecule has 0 unspecified atom stereocenters. The quantitative estimate of drug-likeness (QED) is 0.616. The summed E-state index contributed by atoms with van der Waals surface area (Å²) in [5.41, 5.74) is 1.54. The maximum atomic E-state index is 12.8. The Morgan fingerprint density at radius 2 is 1.70 bits per heavy atom. The van der Waals surface area contributed by atoms with Gasteiger partial charge in [-0.2, -0.15) is 0 Å². The van der Waals surface area contributed by atoms with Crippen molar-refractivity contribution in [3.63, 3.8) is 0 Å². The minimum atomic E-state index is -3.72. The molecule has 0 bridgehead atoms. The van der Waals surface area contributed by atoms with Crippen molar-refractivity contribution in [2.24, 2.45) is 0 Å². The van der Waals surface area contributed by atoms with E-state index in [1.54, 1.807) is 35.7 Å². The summed E-state index contributed by atoms with van der Waals surface area (Å²) in [6, 6.07) is 19.3. The third-order valence-electron chi connectivity index (χ3n) is 4.09. The summed E-state index contributed by atoms with van der Waals surface area (Å²) < 4.78 is 27.7. The number of thiophene rings is 1. The van der Waals surface area contributed by atoms with Crippen LogP contribution in [0.15, 0.2) is 76.3 Å². The lowest BCUT2D eigenvalue weighted by molar-refractivity contribution is 0.0936. The van der Waals surface area contributed by atoms with E-state index in [4.69, 9.17) is 0 Å². The van der Waals surface area contributed by atoms with Crippen molar-refractivity contribution in [3.8, 4) is 0 Å².